The van der Waals surface area contributed by atoms with Crippen molar-refractivity contribution in [1.29, 1.82) is 0 Å². The molecule has 0 saturated heterocycles. The van der Waals surface area contributed by atoms with Crippen molar-refractivity contribution in [2.75, 3.05) is 0 Å². The highest BCUT2D eigenvalue weighted by molar-refractivity contribution is 6.31. The SMILES string of the molecule is CCCCn1nc(C)c(C=CC(=O)NC2CCC(O)CC2)c1Cl. The number of aryl methyl sites for hydroxylation is 2. The summed E-state index contributed by atoms with van der Waals surface area (Å²) in [5, 5.41) is 17.5. The molecule has 0 unspecified atom stereocenters. The van der Waals surface area contributed by atoms with Crippen LogP contribution in [0.15, 0.2) is 6.08 Å². The fourth-order valence-electron chi connectivity index (χ4n) is 2.84. The van der Waals surface area contributed by atoms with E-state index in [9.17, 15) is 9.90 Å². The Morgan fingerprint density at radius 1 is 1.43 bits per heavy atom. The second-order valence-electron chi connectivity index (χ2n) is 6.21. The third-order valence-electron chi connectivity index (χ3n) is 4.28. The third-order valence-corrected chi connectivity index (χ3v) is 4.68. The summed E-state index contributed by atoms with van der Waals surface area (Å²) in [4.78, 5) is 12.0. The van der Waals surface area contributed by atoms with Crippen molar-refractivity contribution < 1.29 is 9.90 Å². The zero-order chi connectivity index (χ0) is 16.8. The Kier molecular flexibility index (Phi) is 6.66. The maximum atomic E-state index is 12.0. The molecule has 1 aliphatic carbocycles. The van der Waals surface area contributed by atoms with Crippen LogP contribution in [-0.4, -0.2) is 32.9 Å². The van der Waals surface area contributed by atoms with Gasteiger partial charge >= 0.3 is 0 Å². The summed E-state index contributed by atoms with van der Waals surface area (Å²) in [5.41, 5.74) is 1.63. The van der Waals surface area contributed by atoms with Crippen LogP contribution in [0.2, 0.25) is 5.15 Å². The number of amides is 1. The number of nitrogens with zero attached hydrogens (tertiary/aromatic N) is 2. The van der Waals surface area contributed by atoms with Crippen molar-refractivity contribution >= 4 is 23.6 Å². The highest BCUT2D eigenvalue weighted by Gasteiger charge is 2.20. The largest absolute Gasteiger partial charge is 0.393 e. The average Bonchev–Trinajstić information content (AvgIpc) is 2.79. The quantitative estimate of drug-likeness (QED) is 0.783. The molecule has 23 heavy (non-hydrogen) atoms. The van der Waals surface area contributed by atoms with Gasteiger partial charge in [-0.2, -0.15) is 5.10 Å². The molecule has 6 heteroatoms. The van der Waals surface area contributed by atoms with Gasteiger partial charge in [0.25, 0.3) is 0 Å². The molecule has 1 aromatic rings. The fraction of sp³-hybridized carbons (Fsp3) is 0.647. The number of hydrogen-bond acceptors (Lipinski definition) is 3. The first-order chi connectivity index (χ1) is 11.0. The second-order valence-corrected chi connectivity index (χ2v) is 6.57. The Morgan fingerprint density at radius 2 is 2.13 bits per heavy atom. The number of aliphatic hydroxyl groups excluding tert-OH is 1. The Balaban J connectivity index is 1.94. The van der Waals surface area contributed by atoms with Crippen LogP contribution >= 0.6 is 11.6 Å². The summed E-state index contributed by atoms with van der Waals surface area (Å²) in [6.07, 6.45) is 8.31. The average molecular weight is 340 g/mol. The van der Waals surface area contributed by atoms with Crippen LogP contribution in [0.5, 0.6) is 0 Å². The monoisotopic (exact) mass is 339 g/mol. The molecule has 1 aliphatic rings. The van der Waals surface area contributed by atoms with Crippen LogP contribution in [0.1, 0.15) is 56.7 Å². The van der Waals surface area contributed by atoms with E-state index in [0.29, 0.717) is 5.15 Å². The molecule has 0 spiro atoms. The molecular formula is C17H26ClN3O2. The van der Waals surface area contributed by atoms with Crippen LogP contribution in [0.3, 0.4) is 0 Å². The van der Waals surface area contributed by atoms with Crippen molar-refractivity contribution in [3.05, 3.63) is 22.5 Å². The predicted molar refractivity (Wildman–Crippen MR) is 92.3 cm³/mol. The Hall–Kier alpha value is -1.33. The topological polar surface area (TPSA) is 67.2 Å². The summed E-state index contributed by atoms with van der Waals surface area (Å²) < 4.78 is 1.79. The Bertz CT molecular complexity index is 560. The minimum atomic E-state index is -0.214. The molecule has 1 aromatic heterocycles. The molecule has 1 saturated carbocycles. The van der Waals surface area contributed by atoms with Crippen molar-refractivity contribution in [2.45, 2.75) is 71.1 Å². The zero-order valence-electron chi connectivity index (χ0n) is 13.9. The van der Waals surface area contributed by atoms with Crippen LogP contribution in [0.25, 0.3) is 6.08 Å². The zero-order valence-corrected chi connectivity index (χ0v) is 14.6. The molecule has 2 rings (SSSR count). The molecule has 0 radical (unpaired) electrons. The highest BCUT2D eigenvalue weighted by atomic mass is 35.5. The number of nitrogens with one attached hydrogen (secondary N) is 1. The van der Waals surface area contributed by atoms with Gasteiger partial charge in [0.05, 0.1) is 11.8 Å². The van der Waals surface area contributed by atoms with Gasteiger partial charge in [-0.1, -0.05) is 24.9 Å². The summed E-state index contributed by atoms with van der Waals surface area (Å²) in [6.45, 7) is 4.81. The smallest absolute Gasteiger partial charge is 0.244 e. The molecular weight excluding hydrogens is 314 g/mol. The summed E-state index contributed by atoms with van der Waals surface area (Å²) in [6, 6.07) is 0.152. The summed E-state index contributed by atoms with van der Waals surface area (Å²) >= 11 is 6.35. The third kappa shape index (κ3) is 5.08. The number of rotatable bonds is 6. The van der Waals surface area contributed by atoms with E-state index >= 15 is 0 Å². The van der Waals surface area contributed by atoms with E-state index in [0.717, 1.165) is 56.3 Å². The molecule has 128 valence electrons. The summed E-state index contributed by atoms with van der Waals surface area (Å²) in [5.74, 6) is -0.122. The minimum absolute atomic E-state index is 0.122. The van der Waals surface area contributed by atoms with Crippen LogP contribution in [-0.2, 0) is 11.3 Å². The van der Waals surface area contributed by atoms with E-state index in [1.165, 1.54) is 6.08 Å². The standard InChI is InChI=1S/C17H26ClN3O2/c1-3-4-11-21-17(18)15(12(2)20-21)9-10-16(23)19-13-5-7-14(22)8-6-13/h9-10,13-14,22H,3-8,11H2,1-2H3,(H,19,23). The van der Waals surface area contributed by atoms with Gasteiger partial charge in [0.15, 0.2) is 0 Å². The first-order valence-electron chi connectivity index (χ1n) is 8.40. The van der Waals surface area contributed by atoms with Crippen LogP contribution in [0.4, 0.5) is 0 Å². The van der Waals surface area contributed by atoms with E-state index in [-0.39, 0.29) is 18.1 Å². The van der Waals surface area contributed by atoms with E-state index in [4.69, 9.17) is 11.6 Å². The second kappa shape index (κ2) is 8.50. The number of unbranched alkanes of at least 4 members (excludes halogenated alkanes) is 1. The Labute approximate surface area is 142 Å². The number of aliphatic hydroxyl groups is 1. The van der Waals surface area contributed by atoms with Gasteiger partial charge in [0.1, 0.15) is 5.15 Å². The molecule has 1 heterocycles. The van der Waals surface area contributed by atoms with Crippen molar-refractivity contribution in [2.24, 2.45) is 0 Å². The van der Waals surface area contributed by atoms with E-state index in [1.807, 2.05) is 6.92 Å². The lowest BCUT2D eigenvalue weighted by Crippen LogP contribution is -2.37. The predicted octanol–water partition coefficient (Wildman–Crippen LogP) is 3.08. The maximum Gasteiger partial charge on any atom is 0.244 e. The number of carbonyl (C=O) groups is 1. The molecule has 1 fully saturated rings. The van der Waals surface area contributed by atoms with Crippen molar-refractivity contribution in [1.82, 2.24) is 15.1 Å². The first-order valence-corrected chi connectivity index (χ1v) is 8.78. The normalized spacial score (nSPS) is 21.7. The van der Waals surface area contributed by atoms with Gasteiger partial charge in [-0.3, -0.25) is 9.48 Å². The highest BCUT2D eigenvalue weighted by Crippen LogP contribution is 2.22. The van der Waals surface area contributed by atoms with Gasteiger partial charge in [0.2, 0.25) is 5.91 Å². The van der Waals surface area contributed by atoms with Crippen LogP contribution < -0.4 is 5.32 Å². The van der Waals surface area contributed by atoms with Gasteiger partial charge in [-0.25, -0.2) is 0 Å². The number of carbonyl (C=O) groups excluding carboxylic acids is 1. The molecule has 0 aliphatic heterocycles. The lowest BCUT2D eigenvalue weighted by Gasteiger charge is -2.25. The van der Waals surface area contributed by atoms with Gasteiger partial charge in [0, 0.05) is 24.2 Å². The molecule has 2 N–H and O–H groups in total. The molecule has 0 aromatic carbocycles. The lowest BCUT2D eigenvalue weighted by molar-refractivity contribution is -0.117. The molecule has 0 atom stereocenters. The fourth-order valence-corrected chi connectivity index (χ4v) is 3.16. The molecule has 5 nitrogen and oxygen atoms in total. The van der Waals surface area contributed by atoms with Gasteiger partial charge in [-0.15, -0.1) is 0 Å². The van der Waals surface area contributed by atoms with Gasteiger partial charge in [-0.05, 0) is 45.1 Å². The van der Waals surface area contributed by atoms with Crippen molar-refractivity contribution in [3.8, 4) is 0 Å². The molecule has 0 bridgehead atoms. The van der Waals surface area contributed by atoms with E-state index < -0.39 is 0 Å². The first kappa shape index (κ1) is 18.0. The number of halogens is 1. The van der Waals surface area contributed by atoms with Gasteiger partial charge < -0.3 is 10.4 Å². The van der Waals surface area contributed by atoms with Crippen LogP contribution in [0, 0.1) is 6.92 Å². The number of hydrogen-bond donors (Lipinski definition) is 2. The van der Waals surface area contributed by atoms with E-state index in [1.54, 1.807) is 10.8 Å². The maximum absolute atomic E-state index is 12.0. The number of aromatic nitrogens is 2. The van der Waals surface area contributed by atoms with Crippen molar-refractivity contribution in [3.63, 3.8) is 0 Å². The van der Waals surface area contributed by atoms with E-state index in [2.05, 4.69) is 17.3 Å². The molecule has 1 amide bonds. The Morgan fingerprint density at radius 3 is 2.78 bits per heavy atom. The minimum Gasteiger partial charge on any atom is -0.393 e. The lowest BCUT2D eigenvalue weighted by atomic mass is 9.93. The summed E-state index contributed by atoms with van der Waals surface area (Å²) in [7, 11) is 0.